The maximum absolute atomic E-state index is 12.1. The predicted molar refractivity (Wildman–Crippen MR) is 102 cm³/mol. The molecule has 0 radical (unpaired) electrons. The van der Waals surface area contributed by atoms with E-state index in [2.05, 4.69) is 16.7 Å². The van der Waals surface area contributed by atoms with Crippen LogP contribution in [0.4, 0.5) is 5.69 Å². The zero-order chi connectivity index (χ0) is 18.9. The molecule has 142 valence electrons. The Morgan fingerprint density at radius 1 is 1.12 bits per heavy atom. The molecule has 2 rings (SSSR count). The fraction of sp³-hybridized carbons (Fsp3) is 0.474. The lowest BCUT2D eigenvalue weighted by Gasteiger charge is -2.14. The van der Waals surface area contributed by atoms with Crippen LogP contribution in [0, 0.1) is 0 Å². The van der Waals surface area contributed by atoms with E-state index in [1.807, 2.05) is 0 Å². The van der Waals surface area contributed by atoms with E-state index in [-0.39, 0.29) is 12.3 Å². The highest BCUT2D eigenvalue weighted by Crippen LogP contribution is 2.35. The second-order valence-corrected chi connectivity index (χ2v) is 6.53. The van der Waals surface area contributed by atoms with Gasteiger partial charge in [-0.3, -0.25) is 9.59 Å². The average molecular weight is 381 g/mol. The number of halogens is 1. The Bertz CT molecular complexity index is 688. The van der Waals surface area contributed by atoms with Gasteiger partial charge < -0.3 is 20.1 Å². The quantitative estimate of drug-likeness (QED) is 0.532. The number of amides is 2. The molecular formula is C19H25ClN2O4. The van der Waals surface area contributed by atoms with Crippen molar-refractivity contribution in [3.63, 3.8) is 0 Å². The van der Waals surface area contributed by atoms with Crippen LogP contribution >= 0.6 is 11.6 Å². The first-order valence-electron chi connectivity index (χ1n) is 8.69. The van der Waals surface area contributed by atoms with Gasteiger partial charge in [0, 0.05) is 18.7 Å². The van der Waals surface area contributed by atoms with Crippen LogP contribution in [0.25, 0.3) is 0 Å². The van der Waals surface area contributed by atoms with Crippen molar-refractivity contribution in [1.82, 2.24) is 5.32 Å². The summed E-state index contributed by atoms with van der Waals surface area (Å²) in [6.07, 6.45) is 7.53. The van der Waals surface area contributed by atoms with Crippen LogP contribution < -0.4 is 20.1 Å². The van der Waals surface area contributed by atoms with Gasteiger partial charge in [0.05, 0.1) is 24.9 Å². The number of benzene rings is 1. The molecule has 7 heteroatoms. The van der Waals surface area contributed by atoms with Crippen molar-refractivity contribution in [3.05, 3.63) is 28.8 Å². The first-order chi connectivity index (χ1) is 12.5. The molecule has 0 aliphatic heterocycles. The minimum absolute atomic E-state index is 0.257. The summed E-state index contributed by atoms with van der Waals surface area (Å²) < 4.78 is 10.3. The molecule has 0 bridgehead atoms. The Hall–Kier alpha value is -2.21. The van der Waals surface area contributed by atoms with Gasteiger partial charge in [-0.25, -0.2) is 0 Å². The van der Waals surface area contributed by atoms with E-state index >= 15 is 0 Å². The summed E-state index contributed by atoms with van der Waals surface area (Å²) in [5, 5.41) is 5.82. The van der Waals surface area contributed by atoms with Gasteiger partial charge in [-0.05, 0) is 32.1 Å². The van der Waals surface area contributed by atoms with Crippen molar-refractivity contribution < 1.29 is 19.1 Å². The largest absolute Gasteiger partial charge is 0.495 e. The molecule has 0 aromatic heterocycles. The van der Waals surface area contributed by atoms with E-state index in [1.54, 1.807) is 12.1 Å². The molecule has 0 atom stereocenters. The highest BCUT2D eigenvalue weighted by Gasteiger charge is 2.15. The van der Waals surface area contributed by atoms with Crippen molar-refractivity contribution in [2.24, 2.45) is 0 Å². The molecule has 0 fully saturated rings. The molecule has 6 nitrogen and oxygen atoms in total. The smallest absolute Gasteiger partial charge is 0.233 e. The first-order valence-corrected chi connectivity index (χ1v) is 9.07. The SMILES string of the molecule is COc1cc(NC(=O)CC(=O)NCCC2=CCCCC2)c(OC)cc1Cl. The summed E-state index contributed by atoms with van der Waals surface area (Å²) in [4.78, 5) is 24.1. The topological polar surface area (TPSA) is 76.7 Å². The number of carbonyl (C=O) groups is 2. The zero-order valence-corrected chi connectivity index (χ0v) is 15.9. The Morgan fingerprint density at radius 2 is 1.88 bits per heavy atom. The van der Waals surface area contributed by atoms with Gasteiger partial charge in [-0.1, -0.05) is 23.3 Å². The van der Waals surface area contributed by atoms with Crippen molar-refractivity contribution in [2.45, 2.75) is 38.5 Å². The van der Waals surface area contributed by atoms with Crippen LogP contribution in [0.15, 0.2) is 23.8 Å². The lowest BCUT2D eigenvalue weighted by atomic mass is 9.97. The average Bonchev–Trinajstić information content (AvgIpc) is 2.63. The molecule has 0 saturated heterocycles. The maximum atomic E-state index is 12.1. The fourth-order valence-corrected chi connectivity index (χ4v) is 3.09. The molecule has 2 amide bonds. The van der Waals surface area contributed by atoms with Crippen LogP contribution in [0.3, 0.4) is 0 Å². The summed E-state index contributed by atoms with van der Waals surface area (Å²) in [6, 6.07) is 3.11. The minimum atomic E-state index is -0.429. The number of hydrogen-bond acceptors (Lipinski definition) is 4. The molecule has 0 unspecified atom stereocenters. The Balaban J connectivity index is 1.83. The fourth-order valence-electron chi connectivity index (χ4n) is 2.86. The van der Waals surface area contributed by atoms with Crippen molar-refractivity contribution >= 4 is 29.1 Å². The van der Waals surface area contributed by atoms with Crippen LogP contribution in [0.5, 0.6) is 11.5 Å². The van der Waals surface area contributed by atoms with E-state index in [1.165, 1.54) is 32.6 Å². The van der Waals surface area contributed by atoms with Gasteiger partial charge in [0.2, 0.25) is 11.8 Å². The van der Waals surface area contributed by atoms with Gasteiger partial charge in [0.15, 0.2) is 0 Å². The summed E-state index contributed by atoms with van der Waals surface area (Å²) in [5.74, 6) is 0.0719. The van der Waals surface area contributed by atoms with E-state index in [9.17, 15) is 9.59 Å². The lowest BCUT2D eigenvalue weighted by Crippen LogP contribution is -2.29. The van der Waals surface area contributed by atoms with Gasteiger partial charge in [0.1, 0.15) is 17.9 Å². The molecule has 0 heterocycles. The molecule has 1 aliphatic rings. The lowest BCUT2D eigenvalue weighted by molar-refractivity contribution is -0.126. The number of allylic oxidation sites excluding steroid dienone is 1. The normalized spacial score (nSPS) is 13.6. The molecule has 0 spiro atoms. The second kappa shape index (κ2) is 10.1. The number of methoxy groups -OCH3 is 2. The van der Waals surface area contributed by atoms with Crippen LogP contribution in [-0.2, 0) is 9.59 Å². The summed E-state index contributed by atoms with van der Waals surface area (Å²) in [5.41, 5.74) is 1.79. The third-order valence-corrected chi connectivity index (χ3v) is 4.52. The van der Waals surface area contributed by atoms with Gasteiger partial charge in [-0.2, -0.15) is 0 Å². The number of ether oxygens (including phenoxy) is 2. The monoisotopic (exact) mass is 380 g/mol. The Kier molecular flexibility index (Phi) is 7.78. The summed E-state index contributed by atoms with van der Waals surface area (Å²) >= 11 is 6.04. The molecule has 26 heavy (non-hydrogen) atoms. The maximum Gasteiger partial charge on any atom is 0.233 e. The molecule has 2 N–H and O–H groups in total. The van der Waals surface area contributed by atoms with E-state index in [4.69, 9.17) is 21.1 Å². The molecule has 1 aromatic rings. The predicted octanol–water partition coefficient (Wildman–Crippen LogP) is 3.69. The zero-order valence-electron chi connectivity index (χ0n) is 15.2. The van der Waals surface area contributed by atoms with Crippen LogP contribution in [0.2, 0.25) is 5.02 Å². The van der Waals surface area contributed by atoms with E-state index < -0.39 is 5.91 Å². The molecule has 1 aliphatic carbocycles. The summed E-state index contributed by atoms with van der Waals surface area (Å²) in [6.45, 7) is 0.552. The summed E-state index contributed by atoms with van der Waals surface area (Å²) in [7, 11) is 2.95. The minimum Gasteiger partial charge on any atom is -0.495 e. The third-order valence-electron chi connectivity index (χ3n) is 4.22. The number of nitrogens with one attached hydrogen (secondary N) is 2. The van der Waals surface area contributed by atoms with Crippen molar-refractivity contribution in [3.8, 4) is 11.5 Å². The van der Waals surface area contributed by atoms with Crippen molar-refractivity contribution in [2.75, 3.05) is 26.1 Å². The van der Waals surface area contributed by atoms with Crippen LogP contribution in [0.1, 0.15) is 38.5 Å². The number of carbonyl (C=O) groups excluding carboxylic acids is 2. The Morgan fingerprint density at radius 3 is 2.54 bits per heavy atom. The number of hydrogen-bond donors (Lipinski definition) is 2. The highest BCUT2D eigenvalue weighted by atomic mass is 35.5. The van der Waals surface area contributed by atoms with E-state index in [0.29, 0.717) is 28.8 Å². The van der Waals surface area contributed by atoms with Gasteiger partial charge >= 0.3 is 0 Å². The second-order valence-electron chi connectivity index (χ2n) is 6.12. The number of anilines is 1. The molecular weight excluding hydrogens is 356 g/mol. The first kappa shape index (κ1) is 20.1. The van der Waals surface area contributed by atoms with Crippen molar-refractivity contribution in [1.29, 1.82) is 0 Å². The highest BCUT2D eigenvalue weighted by molar-refractivity contribution is 6.32. The standard InChI is InChI=1S/C19H25ClN2O4/c1-25-16-11-15(17(26-2)10-14(16)20)22-19(24)12-18(23)21-9-8-13-6-4-3-5-7-13/h6,10-11H,3-5,7-9,12H2,1-2H3,(H,21,23)(H,22,24). The van der Waals surface area contributed by atoms with Crippen LogP contribution in [-0.4, -0.2) is 32.6 Å². The van der Waals surface area contributed by atoms with Gasteiger partial charge in [0.25, 0.3) is 0 Å². The Labute approximate surface area is 158 Å². The number of rotatable bonds is 8. The molecule has 0 saturated carbocycles. The van der Waals surface area contributed by atoms with E-state index in [0.717, 1.165) is 19.3 Å². The van der Waals surface area contributed by atoms with Gasteiger partial charge in [-0.15, -0.1) is 0 Å². The third kappa shape index (κ3) is 5.95. The molecule has 1 aromatic carbocycles.